The van der Waals surface area contributed by atoms with Crippen LogP contribution in [0.2, 0.25) is 0 Å². The molecular formula is C12H21BrN2S. The molecule has 0 aliphatic rings. The Morgan fingerprint density at radius 1 is 1.50 bits per heavy atom. The van der Waals surface area contributed by atoms with E-state index in [1.807, 2.05) is 0 Å². The maximum Gasteiger partial charge on any atom is 0.0387 e. The van der Waals surface area contributed by atoms with Gasteiger partial charge < -0.3 is 10.2 Å². The molecule has 0 aliphatic carbocycles. The first-order valence-electron chi connectivity index (χ1n) is 5.47. The molecule has 0 saturated heterocycles. The van der Waals surface area contributed by atoms with E-state index in [-0.39, 0.29) is 5.54 Å². The molecule has 1 aromatic rings. The van der Waals surface area contributed by atoms with E-state index in [0.29, 0.717) is 6.04 Å². The standard InChI is InChI=1S/C12H21BrN2S/c1-9(11-6-10(13)7-16-11)14-8-12(2,3)15(4)5/h6-7,9,14H,8H2,1-5H3. The molecule has 16 heavy (non-hydrogen) atoms. The van der Waals surface area contributed by atoms with Crippen molar-refractivity contribution < 1.29 is 0 Å². The molecule has 1 atom stereocenters. The minimum absolute atomic E-state index is 0.183. The van der Waals surface area contributed by atoms with Crippen molar-refractivity contribution in [2.75, 3.05) is 20.6 Å². The molecule has 2 nitrogen and oxygen atoms in total. The summed E-state index contributed by atoms with van der Waals surface area (Å²) < 4.78 is 1.17. The first kappa shape index (κ1) is 14.2. The Morgan fingerprint density at radius 2 is 2.12 bits per heavy atom. The summed E-state index contributed by atoms with van der Waals surface area (Å²) in [5.74, 6) is 0. The number of hydrogen-bond donors (Lipinski definition) is 1. The smallest absolute Gasteiger partial charge is 0.0387 e. The second-order valence-corrected chi connectivity index (χ2v) is 6.84. The molecule has 0 amide bonds. The highest BCUT2D eigenvalue weighted by Gasteiger charge is 2.21. The Labute approximate surface area is 111 Å². The van der Waals surface area contributed by atoms with Crippen molar-refractivity contribution in [2.24, 2.45) is 0 Å². The summed E-state index contributed by atoms with van der Waals surface area (Å²) in [4.78, 5) is 3.62. The molecule has 1 unspecified atom stereocenters. The van der Waals surface area contributed by atoms with E-state index >= 15 is 0 Å². The minimum Gasteiger partial charge on any atom is -0.308 e. The van der Waals surface area contributed by atoms with Crippen molar-refractivity contribution in [1.82, 2.24) is 10.2 Å². The summed E-state index contributed by atoms with van der Waals surface area (Å²) in [5.41, 5.74) is 0.183. The van der Waals surface area contributed by atoms with E-state index in [1.165, 1.54) is 9.35 Å². The maximum atomic E-state index is 3.58. The summed E-state index contributed by atoms with van der Waals surface area (Å²) in [7, 11) is 4.24. The van der Waals surface area contributed by atoms with E-state index < -0.39 is 0 Å². The minimum atomic E-state index is 0.183. The molecule has 0 spiro atoms. The lowest BCUT2D eigenvalue weighted by atomic mass is 10.0. The number of hydrogen-bond acceptors (Lipinski definition) is 3. The number of rotatable bonds is 5. The van der Waals surface area contributed by atoms with E-state index in [0.717, 1.165) is 6.54 Å². The zero-order valence-electron chi connectivity index (χ0n) is 10.7. The second-order valence-electron chi connectivity index (χ2n) is 4.98. The molecule has 0 aromatic carbocycles. The fraction of sp³-hybridized carbons (Fsp3) is 0.667. The van der Waals surface area contributed by atoms with Crippen LogP contribution >= 0.6 is 27.3 Å². The van der Waals surface area contributed by atoms with Crippen molar-refractivity contribution in [2.45, 2.75) is 32.4 Å². The summed E-state index contributed by atoms with van der Waals surface area (Å²) in [6.45, 7) is 7.69. The van der Waals surface area contributed by atoms with E-state index in [9.17, 15) is 0 Å². The highest BCUT2D eigenvalue weighted by molar-refractivity contribution is 9.10. The van der Waals surface area contributed by atoms with Crippen LogP contribution in [0.15, 0.2) is 15.9 Å². The quantitative estimate of drug-likeness (QED) is 0.895. The lowest BCUT2D eigenvalue weighted by Crippen LogP contribution is -2.47. The van der Waals surface area contributed by atoms with Gasteiger partial charge in [-0.25, -0.2) is 0 Å². The van der Waals surface area contributed by atoms with Crippen molar-refractivity contribution in [1.29, 1.82) is 0 Å². The number of nitrogens with one attached hydrogen (secondary N) is 1. The first-order valence-corrected chi connectivity index (χ1v) is 7.15. The Morgan fingerprint density at radius 3 is 2.56 bits per heavy atom. The van der Waals surface area contributed by atoms with Crippen LogP contribution in [0.25, 0.3) is 0 Å². The fourth-order valence-electron chi connectivity index (χ4n) is 1.22. The van der Waals surface area contributed by atoms with Gasteiger partial charge in [0, 0.05) is 32.9 Å². The molecule has 0 aliphatic heterocycles. The third kappa shape index (κ3) is 3.84. The van der Waals surface area contributed by atoms with Gasteiger partial charge >= 0.3 is 0 Å². The molecule has 1 aromatic heterocycles. The number of nitrogens with zero attached hydrogens (tertiary/aromatic N) is 1. The van der Waals surface area contributed by atoms with Crippen LogP contribution in [0.4, 0.5) is 0 Å². The van der Waals surface area contributed by atoms with Gasteiger partial charge in [0.1, 0.15) is 0 Å². The zero-order valence-corrected chi connectivity index (χ0v) is 13.1. The van der Waals surface area contributed by atoms with Crippen LogP contribution < -0.4 is 5.32 Å². The Hall–Kier alpha value is 0.1000. The van der Waals surface area contributed by atoms with Gasteiger partial charge in [0.15, 0.2) is 0 Å². The fourth-order valence-corrected chi connectivity index (χ4v) is 2.69. The summed E-state index contributed by atoms with van der Waals surface area (Å²) >= 11 is 5.28. The largest absolute Gasteiger partial charge is 0.308 e. The van der Waals surface area contributed by atoms with Crippen molar-refractivity contribution >= 4 is 27.3 Å². The molecule has 0 radical (unpaired) electrons. The van der Waals surface area contributed by atoms with Crippen LogP contribution in [0.3, 0.4) is 0 Å². The van der Waals surface area contributed by atoms with Gasteiger partial charge in [0.25, 0.3) is 0 Å². The average Bonchev–Trinajstić information content (AvgIpc) is 2.61. The van der Waals surface area contributed by atoms with Gasteiger partial charge in [0.05, 0.1) is 0 Å². The third-order valence-corrected chi connectivity index (χ3v) is 4.94. The Balaban J connectivity index is 2.50. The number of likely N-dealkylation sites (N-methyl/N-ethyl adjacent to an activating group) is 1. The normalized spacial score (nSPS) is 14.4. The summed E-state index contributed by atoms with van der Waals surface area (Å²) in [6, 6.07) is 2.60. The Bertz CT molecular complexity index is 334. The average molecular weight is 305 g/mol. The van der Waals surface area contributed by atoms with Gasteiger partial charge in [-0.15, -0.1) is 11.3 Å². The number of halogens is 1. The van der Waals surface area contributed by atoms with Crippen LogP contribution in [0.1, 0.15) is 31.7 Å². The topological polar surface area (TPSA) is 15.3 Å². The van der Waals surface area contributed by atoms with Crippen molar-refractivity contribution in [3.63, 3.8) is 0 Å². The predicted octanol–water partition coefficient (Wildman–Crippen LogP) is 3.50. The van der Waals surface area contributed by atoms with Crippen molar-refractivity contribution in [3.05, 3.63) is 20.8 Å². The predicted molar refractivity (Wildman–Crippen MR) is 76.2 cm³/mol. The molecule has 1 N–H and O–H groups in total. The summed E-state index contributed by atoms with van der Waals surface area (Å²) in [6.07, 6.45) is 0. The van der Waals surface area contributed by atoms with E-state index in [2.05, 4.69) is 72.5 Å². The van der Waals surface area contributed by atoms with E-state index in [4.69, 9.17) is 0 Å². The molecule has 92 valence electrons. The SMILES string of the molecule is CC(NCC(C)(C)N(C)C)c1cc(Br)cs1. The van der Waals surface area contributed by atoms with Crippen LogP contribution in [0, 0.1) is 0 Å². The van der Waals surface area contributed by atoms with Gasteiger partial charge in [-0.1, -0.05) is 0 Å². The molecule has 4 heteroatoms. The maximum absolute atomic E-state index is 3.58. The van der Waals surface area contributed by atoms with Crippen LogP contribution in [-0.4, -0.2) is 31.1 Å². The lowest BCUT2D eigenvalue weighted by Gasteiger charge is -2.33. The lowest BCUT2D eigenvalue weighted by molar-refractivity contribution is 0.185. The molecule has 0 saturated carbocycles. The molecule has 1 heterocycles. The van der Waals surface area contributed by atoms with Gasteiger partial charge in [-0.3, -0.25) is 0 Å². The van der Waals surface area contributed by atoms with Crippen molar-refractivity contribution in [3.8, 4) is 0 Å². The second kappa shape index (κ2) is 5.63. The molecule has 0 bridgehead atoms. The Kier molecular flexibility index (Phi) is 4.98. The third-order valence-electron chi connectivity index (χ3n) is 3.07. The van der Waals surface area contributed by atoms with Crippen LogP contribution in [0.5, 0.6) is 0 Å². The van der Waals surface area contributed by atoms with Gasteiger partial charge in [-0.2, -0.15) is 0 Å². The molecule has 0 fully saturated rings. The van der Waals surface area contributed by atoms with E-state index in [1.54, 1.807) is 11.3 Å². The zero-order chi connectivity index (χ0) is 12.3. The van der Waals surface area contributed by atoms with Crippen LogP contribution in [-0.2, 0) is 0 Å². The highest BCUT2D eigenvalue weighted by Crippen LogP contribution is 2.25. The monoisotopic (exact) mass is 304 g/mol. The molecule has 1 rings (SSSR count). The first-order chi connectivity index (χ1) is 7.33. The van der Waals surface area contributed by atoms with Gasteiger partial charge in [-0.05, 0) is 56.9 Å². The van der Waals surface area contributed by atoms with Gasteiger partial charge in [0.2, 0.25) is 0 Å². The summed E-state index contributed by atoms with van der Waals surface area (Å²) in [5, 5.41) is 5.71. The molecular weight excluding hydrogens is 284 g/mol. The highest BCUT2D eigenvalue weighted by atomic mass is 79.9. The number of thiophene rings is 1.